The molecule has 2 heterocycles. The lowest BCUT2D eigenvalue weighted by Crippen LogP contribution is -2.43. The van der Waals surface area contributed by atoms with E-state index < -0.39 is 11.9 Å². The number of hydrogen-bond acceptors (Lipinski definition) is 7. The molecular formula is C20H22N6O3S. The van der Waals surface area contributed by atoms with Crippen molar-refractivity contribution in [2.24, 2.45) is 0 Å². The zero-order chi connectivity index (χ0) is 21.5. The summed E-state index contributed by atoms with van der Waals surface area (Å²) in [5.41, 5.74) is 1.65. The second-order valence-corrected chi connectivity index (χ2v) is 7.48. The van der Waals surface area contributed by atoms with Gasteiger partial charge < -0.3 is 10.1 Å². The van der Waals surface area contributed by atoms with E-state index in [4.69, 9.17) is 4.74 Å². The van der Waals surface area contributed by atoms with E-state index in [0.29, 0.717) is 11.0 Å². The summed E-state index contributed by atoms with van der Waals surface area (Å²) in [5, 5.41) is 14.0. The molecule has 0 saturated heterocycles. The third kappa shape index (κ3) is 5.35. The number of methoxy groups -OCH3 is 1. The van der Waals surface area contributed by atoms with Gasteiger partial charge in [-0.05, 0) is 50.2 Å². The van der Waals surface area contributed by atoms with E-state index in [1.54, 1.807) is 19.5 Å². The number of nitrogens with zero attached hydrogens (tertiary/aromatic N) is 4. The molecule has 0 unspecified atom stereocenters. The third-order valence-corrected chi connectivity index (χ3v) is 4.84. The van der Waals surface area contributed by atoms with Crippen LogP contribution in [0.15, 0.2) is 53.9 Å². The molecule has 0 aliphatic rings. The van der Waals surface area contributed by atoms with Crippen LogP contribution in [0.4, 0.5) is 4.79 Å². The number of ether oxygens (including phenoxy) is 1. The third-order valence-electron chi connectivity index (χ3n) is 3.91. The maximum atomic E-state index is 12.1. The molecule has 0 bridgehead atoms. The Kier molecular flexibility index (Phi) is 7.02. The molecule has 2 aromatic heterocycles. The fourth-order valence-corrected chi connectivity index (χ4v) is 3.36. The van der Waals surface area contributed by atoms with Crippen molar-refractivity contribution in [2.45, 2.75) is 25.0 Å². The van der Waals surface area contributed by atoms with Crippen LogP contribution in [0, 0.1) is 0 Å². The molecule has 30 heavy (non-hydrogen) atoms. The number of hydrogen-bond donors (Lipinski definition) is 2. The van der Waals surface area contributed by atoms with Gasteiger partial charge in [0.2, 0.25) is 5.91 Å². The van der Waals surface area contributed by atoms with Crippen molar-refractivity contribution in [2.75, 3.05) is 12.9 Å². The molecule has 2 N–H and O–H groups in total. The minimum absolute atomic E-state index is 0.0101. The maximum Gasteiger partial charge on any atom is 0.321 e. The number of urea groups is 1. The van der Waals surface area contributed by atoms with Gasteiger partial charge >= 0.3 is 6.03 Å². The Hall–Kier alpha value is -3.40. The average molecular weight is 427 g/mol. The zero-order valence-electron chi connectivity index (χ0n) is 16.8. The topological polar surface area (TPSA) is 111 Å². The number of carbonyl (C=O) groups is 2. The number of amides is 3. The molecule has 0 aliphatic heterocycles. The van der Waals surface area contributed by atoms with E-state index in [1.807, 2.05) is 54.8 Å². The van der Waals surface area contributed by atoms with Crippen molar-refractivity contribution in [3.8, 4) is 22.8 Å². The monoisotopic (exact) mass is 426 g/mol. The molecule has 3 amide bonds. The van der Waals surface area contributed by atoms with Crippen LogP contribution in [0.25, 0.3) is 17.1 Å². The Morgan fingerprint density at radius 1 is 1.10 bits per heavy atom. The molecule has 1 aromatic carbocycles. The predicted octanol–water partition coefficient (Wildman–Crippen LogP) is 2.66. The quantitative estimate of drug-likeness (QED) is 0.559. The fourth-order valence-electron chi connectivity index (χ4n) is 2.61. The van der Waals surface area contributed by atoms with E-state index in [0.717, 1.165) is 17.0 Å². The second-order valence-electron chi connectivity index (χ2n) is 6.54. The van der Waals surface area contributed by atoms with Gasteiger partial charge in [0.05, 0.1) is 12.9 Å². The number of rotatable bonds is 7. The van der Waals surface area contributed by atoms with Crippen LogP contribution in [-0.2, 0) is 4.79 Å². The standard InChI is InChI=1S/C20H22N6O3S/c1-13(2)22-19(28)23-17(27)12-30-20-25-24-18(14-8-10-21-11-9-14)26(20)15-4-6-16(29-3)7-5-15/h4-11,13H,12H2,1-3H3,(H2,22,23,27,28). The number of benzene rings is 1. The summed E-state index contributed by atoms with van der Waals surface area (Å²) in [6.07, 6.45) is 3.35. The number of imide groups is 1. The molecular weight excluding hydrogens is 404 g/mol. The normalized spacial score (nSPS) is 10.7. The molecule has 3 rings (SSSR count). The van der Waals surface area contributed by atoms with Crippen LogP contribution >= 0.6 is 11.8 Å². The van der Waals surface area contributed by atoms with Gasteiger partial charge in [0.15, 0.2) is 11.0 Å². The van der Waals surface area contributed by atoms with Gasteiger partial charge in [0, 0.05) is 29.7 Å². The minimum atomic E-state index is -0.523. The lowest BCUT2D eigenvalue weighted by Gasteiger charge is -2.11. The molecule has 0 atom stereocenters. The Balaban J connectivity index is 1.84. The number of pyridine rings is 1. The highest BCUT2D eigenvalue weighted by molar-refractivity contribution is 7.99. The minimum Gasteiger partial charge on any atom is -0.497 e. The van der Waals surface area contributed by atoms with Crippen molar-refractivity contribution in [3.63, 3.8) is 0 Å². The first kappa shape index (κ1) is 21.3. The molecule has 0 radical (unpaired) electrons. The number of aromatic nitrogens is 4. The summed E-state index contributed by atoms with van der Waals surface area (Å²) in [6, 6.07) is 10.5. The molecule has 156 valence electrons. The highest BCUT2D eigenvalue weighted by Crippen LogP contribution is 2.28. The van der Waals surface area contributed by atoms with Crippen LogP contribution in [0.2, 0.25) is 0 Å². The van der Waals surface area contributed by atoms with Crippen molar-refractivity contribution >= 4 is 23.7 Å². The Morgan fingerprint density at radius 3 is 2.43 bits per heavy atom. The molecule has 3 aromatic rings. The van der Waals surface area contributed by atoms with Gasteiger partial charge in [-0.2, -0.15) is 0 Å². The van der Waals surface area contributed by atoms with Gasteiger partial charge in [0.25, 0.3) is 0 Å². The first-order valence-corrected chi connectivity index (χ1v) is 10.2. The summed E-state index contributed by atoms with van der Waals surface area (Å²) in [5.74, 6) is 0.925. The first-order valence-electron chi connectivity index (χ1n) is 9.21. The first-order chi connectivity index (χ1) is 14.5. The summed E-state index contributed by atoms with van der Waals surface area (Å²) in [7, 11) is 1.60. The van der Waals surface area contributed by atoms with Crippen LogP contribution in [-0.4, -0.2) is 50.6 Å². The second kappa shape index (κ2) is 9.88. The number of nitrogens with one attached hydrogen (secondary N) is 2. The van der Waals surface area contributed by atoms with Crippen LogP contribution in [0.3, 0.4) is 0 Å². The van der Waals surface area contributed by atoms with Gasteiger partial charge in [-0.3, -0.25) is 19.7 Å². The summed E-state index contributed by atoms with van der Waals surface area (Å²) in [6.45, 7) is 3.63. The van der Waals surface area contributed by atoms with E-state index >= 15 is 0 Å². The number of carbonyl (C=O) groups excluding carboxylic acids is 2. The van der Waals surface area contributed by atoms with E-state index in [9.17, 15) is 9.59 Å². The van der Waals surface area contributed by atoms with Crippen molar-refractivity contribution in [1.82, 2.24) is 30.4 Å². The Morgan fingerprint density at radius 2 is 1.80 bits per heavy atom. The van der Waals surface area contributed by atoms with Crippen molar-refractivity contribution < 1.29 is 14.3 Å². The fraction of sp³-hybridized carbons (Fsp3) is 0.250. The van der Waals surface area contributed by atoms with Crippen molar-refractivity contribution in [3.05, 3.63) is 48.8 Å². The van der Waals surface area contributed by atoms with Gasteiger partial charge in [-0.1, -0.05) is 11.8 Å². The van der Waals surface area contributed by atoms with E-state index in [2.05, 4.69) is 25.8 Å². The molecule has 0 fully saturated rings. The van der Waals surface area contributed by atoms with Gasteiger partial charge in [-0.15, -0.1) is 10.2 Å². The van der Waals surface area contributed by atoms with Crippen molar-refractivity contribution in [1.29, 1.82) is 0 Å². The SMILES string of the molecule is COc1ccc(-n2c(SCC(=O)NC(=O)NC(C)C)nnc2-c2ccncc2)cc1. The molecule has 9 nitrogen and oxygen atoms in total. The average Bonchev–Trinajstić information content (AvgIpc) is 3.16. The number of thioether (sulfide) groups is 1. The van der Waals surface area contributed by atoms with E-state index in [-0.39, 0.29) is 11.8 Å². The predicted molar refractivity (Wildman–Crippen MR) is 114 cm³/mol. The maximum absolute atomic E-state index is 12.1. The largest absolute Gasteiger partial charge is 0.497 e. The lowest BCUT2D eigenvalue weighted by molar-refractivity contribution is -0.117. The van der Waals surface area contributed by atoms with Gasteiger partial charge in [-0.25, -0.2) is 4.79 Å². The van der Waals surface area contributed by atoms with Gasteiger partial charge in [0.1, 0.15) is 5.75 Å². The zero-order valence-corrected chi connectivity index (χ0v) is 17.6. The van der Waals surface area contributed by atoms with Crippen LogP contribution in [0.1, 0.15) is 13.8 Å². The molecule has 0 saturated carbocycles. The molecule has 0 aliphatic carbocycles. The summed E-state index contributed by atoms with van der Waals surface area (Å²) >= 11 is 1.19. The van der Waals surface area contributed by atoms with E-state index in [1.165, 1.54) is 11.8 Å². The van der Waals surface area contributed by atoms with Crippen LogP contribution < -0.4 is 15.4 Å². The Labute approximate surface area is 178 Å². The van der Waals surface area contributed by atoms with Crippen LogP contribution in [0.5, 0.6) is 5.75 Å². The Bertz CT molecular complexity index is 1010. The summed E-state index contributed by atoms with van der Waals surface area (Å²) in [4.78, 5) is 27.9. The summed E-state index contributed by atoms with van der Waals surface area (Å²) < 4.78 is 7.08. The lowest BCUT2D eigenvalue weighted by atomic mass is 10.2. The smallest absolute Gasteiger partial charge is 0.321 e. The highest BCUT2D eigenvalue weighted by atomic mass is 32.2. The molecule has 10 heteroatoms. The molecule has 0 spiro atoms. The highest BCUT2D eigenvalue weighted by Gasteiger charge is 2.18.